The fourth-order valence-corrected chi connectivity index (χ4v) is 3.49. The van der Waals surface area contributed by atoms with Crippen molar-refractivity contribution in [3.8, 4) is 11.1 Å². The van der Waals surface area contributed by atoms with Crippen molar-refractivity contribution >= 4 is 11.8 Å². The van der Waals surface area contributed by atoms with Gasteiger partial charge in [-0.2, -0.15) is 4.99 Å². The summed E-state index contributed by atoms with van der Waals surface area (Å²) in [6.07, 6.45) is 5.43. The van der Waals surface area contributed by atoms with Gasteiger partial charge in [-0.05, 0) is 60.4 Å². The molecule has 4 heteroatoms. The first kappa shape index (κ1) is 19.6. The number of carbonyl (C=O) groups excluding carboxylic acids is 1. The van der Waals surface area contributed by atoms with E-state index in [-0.39, 0.29) is 12.5 Å². The average molecular weight is 374 g/mol. The van der Waals surface area contributed by atoms with Gasteiger partial charge >= 0.3 is 6.09 Å². The van der Waals surface area contributed by atoms with Gasteiger partial charge in [-0.1, -0.05) is 61.0 Å². The Bertz CT molecular complexity index is 970. The highest BCUT2D eigenvalue weighted by Gasteiger charge is 2.29. The molecule has 144 valence electrons. The summed E-state index contributed by atoms with van der Waals surface area (Å²) in [5.74, 6) is 0.0358. The third-order valence-corrected chi connectivity index (χ3v) is 5.01. The molecule has 1 aliphatic carbocycles. The monoisotopic (exact) mass is 374 g/mol. The quantitative estimate of drug-likeness (QED) is 0.554. The zero-order chi connectivity index (χ0) is 20.1. The second kappa shape index (κ2) is 8.70. The number of hydrogen-bond donors (Lipinski definition) is 1. The highest BCUT2D eigenvalue weighted by atomic mass is 16.5. The highest BCUT2D eigenvalue weighted by Crippen LogP contribution is 2.45. The minimum Gasteiger partial charge on any atom is -0.447 e. The van der Waals surface area contributed by atoms with Crippen LogP contribution >= 0.6 is 0 Å². The van der Waals surface area contributed by atoms with Gasteiger partial charge in [0.25, 0.3) is 0 Å². The molecular weight excluding hydrogens is 348 g/mol. The van der Waals surface area contributed by atoms with Gasteiger partial charge in [-0.3, -0.25) is 0 Å². The Morgan fingerprint density at radius 1 is 1.14 bits per heavy atom. The molecule has 1 atom stereocenters. The smallest absolute Gasteiger partial charge is 0.433 e. The first-order valence-electron chi connectivity index (χ1n) is 9.54. The summed E-state index contributed by atoms with van der Waals surface area (Å²) >= 11 is 0. The van der Waals surface area contributed by atoms with Crippen molar-refractivity contribution in [1.82, 2.24) is 0 Å². The number of amides is 1. The van der Waals surface area contributed by atoms with E-state index in [9.17, 15) is 4.79 Å². The molecule has 4 nitrogen and oxygen atoms in total. The molecule has 0 fully saturated rings. The molecular formula is C24H26N2O2. The largest absolute Gasteiger partial charge is 0.447 e. The van der Waals surface area contributed by atoms with E-state index in [4.69, 9.17) is 10.5 Å². The molecule has 1 amide bonds. The number of aryl methyl sites for hydroxylation is 1. The standard InChI is InChI=1S/C24H26N2O2/c1-4-18(14-25)11-10-17(3)26-24(27)28-15-23-20-8-6-5-7-19(20)22-13-16(2)9-12-21(22)23/h5-14,23H,4,15,25H2,1-3H3/b11-10-,18-14+,26-17?. The molecule has 2 N–H and O–H groups in total. The van der Waals surface area contributed by atoms with Gasteiger partial charge in [-0.15, -0.1) is 0 Å². The second-order valence-electron chi connectivity index (χ2n) is 6.99. The van der Waals surface area contributed by atoms with E-state index in [2.05, 4.69) is 42.2 Å². The number of hydrogen-bond acceptors (Lipinski definition) is 3. The van der Waals surface area contributed by atoms with Gasteiger partial charge in [0.15, 0.2) is 0 Å². The highest BCUT2D eigenvalue weighted by molar-refractivity contribution is 5.99. The number of nitrogens with two attached hydrogens (primary N) is 1. The summed E-state index contributed by atoms with van der Waals surface area (Å²) in [5.41, 5.74) is 13.1. The van der Waals surface area contributed by atoms with E-state index in [1.54, 1.807) is 19.2 Å². The first-order chi connectivity index (χ1) is 13.5. The van der Waals surface area contributed by atoms with Gasteiger partial charge in [0.2, 0.25) is 0 Å². The third kappa shape index (κ3) is 4.22. The van der Waals surface area contributed by atoms with E-state index in [1.165, 1.54) is 27.8 Å². The lowest BCUT2D eigenvalue weighted by Crippen LogP contribution is -2.10. The van der Waals surface area contributed by atoms with Crippen LogP contribution < -0.4 is 5.73 Å². The first-order valence-corrected chi connectivity index (χ1v) is 9.54. The number of carbonyl (C=O) groups is 1. The van der Waals surface area contributed by atoms with Crippen LogP contribution in [-0.2, 0) is 4.74 Å². The number of ether oxygens (including phenoxy) is 1. The Labute approximate surface area is 166 Å². The van der Waals surface area contributed by atoms with Crippen molar-refractivity contribution in [2.45, 2.75) is 33.1 Å². The molecule has 0 aromatic heterocycles. The van der Waals surface area contributed by atoms with Crippen LogP contribution in [-0.4, -0.2) is 18.4 Å². The molecule has 0 heterocycles. The molecule has 0 saturated carbocycles. The molecule has 0 spiro atoms. The number of fused-ring (bicyclic) bond motifs is 3. The van der Waals surface area contributed by atoms with E-state index in [1.807, 2.05) is 25.1 Å². The number of allylic oxidation sites excluding steroid dienone is 3. The van der Waals surface area contributed by atoms with Crippen molar-refractivity contribution in [2.24, 2.45) is 10.7 Å². The fourth-order valence-electron chi connectivity index (χ4n) is 3.49. The van der Waals surface area contributed by atoms with Gasteiger partial charge in [0.1, 0.15) is 6.61 Å². The predicted molar refractivity (Wildman–Crippen MR) is 115 cm³/mol. The van der Waals surface area contributed by atoms with Crippen molar-refractivity contribution in [3.63, 3.8) is 0 Å². The Balaban J connectivity index is 1.73. The Kier molecular flexibility index (Phi) is 6.09. The van der Waals surface area contributed by atoms with Crippen LogP contribution in [0.3, 0.4) is 0 Å². The minimum absolute atomic E-state index is 0.0358. The van der Waals surface area contributed by atoms with E-state index < -0.39 is 6.09 Å². The summed E-state index contributed by atoms with van der Waals surface area (Å²) in [7, 11) is 0. The van der Waals surface area contributed by atoms with Crippen LogP contribution in [0.4, 0.5) is 4.79 Å². The second-order valence-corrected chi connectivity index (χ2v) is 6.99. The average Bonchev–Trinajstić information content (AvgIpc) is 3.00. The topological polar surface area (TPSA) is 64.7 Å². The summed E-state index contributed by atoms with van der Waals surface area (Å²) in [6, 6.07) is 14.7. The third-order valence-electron chi connectivity index (χ3n) is 5.01. The minimum atomic E-state index is -0.574. The summed E-state index contributed by atoms with van der Waals surface area (Å²) < 4.78 is 5.50. The lowest BCUT2D eigenvalue weighted by atomic mass is 9.97. The van der Waals surface area contributed by atoms with Gasteiger partial charge in [-0.25, -0.2) is 4.79 Å². The lowest BCUT2D eigenvalue weighted by Gasteiger charge is -2.13. The van der Waals surface area contributed by atoms with E-state index >= 15 is 0 Å². The molecule has 0 aliphatic heterocycles. The normalized spacial score (nSPS) is 16.2. The molecule has 28 heavy (non-hydrogen) atoms. The van der Waals surface area contributed by atoms with Crippen LogP contribution in [0.25, 0.3) is 11.1 Å². The van der Waals surface area contributed by atoms with E-state index in [0.29, 0.717) is 5.71 Å². The maximum atomic E-state index is 12.2. The van der Waals surface area contributed by atoms with Gasteiger partial charge in [0.05, 0.1) is 0 Å². The SMILES string of the molecule is CCC(/C=C\C(C)=NC(=O)OCC1c2ccccc2-c2cc(C)ccc21)=C\N. The zero-order valence-electron chi connectivity index (χ0n) is 16.6. The van der Waals surface area contributed by atoms with Crippen LogP contribution in [0, 0.1) is 6.92 Å². The summed E-state index contributed by atoms with van der Waals surface area (Å²) in [4.78, 5) is 16.2. The molecule has 1 unspecified atom stereocenters. The Morgan fingerprint density at radius 2 is 1.89 bits per heavy atom. The maximum absolute atomic E-state index is 12.2. The number of nitrogens with zero attached hydrogens (tertiary/aromatic N) is 1. The molecule has 0 bridgehead atoms. The van der Waals surface area contributed by atoms with Crippen LogP contribution in [0.2, 0.25) is 0 Å². The van der Waals surface area contributed by atoms with Crippen LogP contribution in [0.15, 0.2) is 71.4 Å². The maximum Gasteiger partial charge on any atom is 0.433 e. The summed E-state index contributed by atoms with van der Waals surface area (Å²) in [5, 5.41) is 0. The van der Waals surface area contributed by atoms with Crippen molar-refractivity contribution in [2.75, 3.05) is 6.61 Å². The number of benzene rings is 2. The van der Waals surface area contributed by atoms with E-state index in [0.717, 1.165) is 12.0 Å². The van der Waals surface area contributed by atoms with Crippen LogP contribution in [0.5, 0.6) is 0 Å². The van der Waals surface area contributed by atoms with Crippen molar-refractivity contribution in [1.29, 1.82) is 0 Å². The van der Waals surface area contributed by atoms with Crippen molar-refractivity contribution < 1.29 is 9.53 Å². The Hall–Kier alpha value is -3.14. The molecule has 1 aliphatic rings. The molecule has 2 aromatic rings. The molecule has 3 rings (SSSR count). The predicted octanol–water partition coefficient (Wildman–Crippen LogP) is 5.51. The zero-order valence-corrected chi connectivity index (χ0v) is 16.6. The Morgan fingerprint density at radius 3 is 2.64 bits per heavy atom. The number of aliphatic imine (C=N–C) groups is 1. The fraction of sp³-hybridized carbons (Fsp3) is 0.250. The molecule has 2 aromatic carbocycles. The number of rotatable bonds is 5. The molecule has 0 saturated heterocycles. The van der Waals surface area contributed by atoms with Crippen molar-refractivity contribution in [3.05, 3.63) is 83.1 Å². The summed E-state index contributed by atoms with van der Waals surface area (Å²) in [6.45, 7) is 6.15. The molecule has 0 radical (unpaired) electrons. The van der Waals surface area contributed by atoms with Crippen LogP contribution in [0.1, 0.15) is 42.9 Å². The van der Waals surface area contributed by atoms with Gasteiger partial charge in [0, 0.05) is 11.6 Å². The lowest BCUT2D eigenvalue weighted by molar-refractivity contribution is 0.154. The van der Waals surface area contributed by atoms with Gasteiger partial charge < -0.3 is 10.5 Å².